The van der Waals surface area contributed by atoms with Crippen molar-refractivity contribution in [3.05, 3.63) is 34.9 Å². The summed E-state index contributed by atoms with van der Waals surface area (Å²) in [7, 11) is 0. The van der Waals surface area contributed by atoms with Crippen molar-refractivity contribution in [2.75, 3.05) is 0 Å². The molecule has 0 radical (unpaired) electrons. The van der Waals surface area contributed by atoms with E-state index in [1.165, 1.54) is 6.92 Å². The zero-order chi connectivity index (χ0) is 12.1. The Balaban J connectivity index is 2.56. The summed E-state index contributed by atoms with van der Waals surface area (Å²) >= 11 is 5.88. The van der Waals surface area contributed by atoms with Crippen molar-refractivity contribution in [2.45, 2.75) is 13.5 Å². The van der Waals surface area contributed by atoms with Crippen LogP contribution in [0.2, 0.25) is 5.02 Å². The van der Waals surface area contributed by atoms with Gasteiger partial charge in [-0.05, 0) is 18.6 Å². The summed E-state index contributed by atoms with van der Waals surface area (Å²) in [4.78, 5) is 21.9. The van der Waals surface area contributed by atoms with Crippen LogP contribution in [0.5, 0.6) is 0 Å². The average molecular weight is 242 g/mol. The van der Waals surface area contributed by atoms with Crippen molar-refractivity contribution in [3.8, 4) is 0 Å². The normalized spacial score (nSPS) is 11.9. The van der Waals surface area contributed by atoms with E-state index in [0.29, 0.717) is 5.02 Å². The molecular formula is C11H12ClNO3. The summed E-state index contributed by atoms with van der Waals surface area (Å²) in [6, 6.07) is 7.07. The summed E-state index contributed by atoms with van der Waals surface area (Å²) in [5.41, 5.74) is 0.759. The lowest BCUT2D eigenvalue weighted by atomic mass is 10.1. The van der Waals surface area contributed by atoms with Crippen LogP contribution < -0.4 is 5.32 Å². The average Bonchev–Trinajstić information content (AvgIpc) is 2.26. The van der Waals surface area contributed by atoms with E-state index in [4.69, 9.17) is 16.7 Å². The molecule has 1 aromatic rings. The van der Waals surface area contributed by atoms with Crippen LogP contribution in [0.15, 0.2) is 24.3 Å². The van der Waals surface area contributed by atoms with Gasteiger partial charge < -0.3 is 10.4 Å². The molecule has 2 N–H and O–H groups in total. The maximum Gasteiger partial charge on any atom is 0.315 e. The molecule has 0 bridgehead atoms. The third kappa shape index (κ3) is 3.24. The van der Waals surface area contributed by atoms with Gasteiger partial charge in [0.25, 0.3) is 0 Å². The molecule has 1 aromatic carbocycles. The lowest BCUT2D eigenvalue weighted by Crippen LogP contribution is -2.33. The first-order valence-electron chi connectivity index (χ1n) is 4.76. The highest BCUT2D eigenvalue weighted by atomic mass is 35.5. The van der Waals surface area contributed by atoms with Crippen LogP contribution in [-0.4, -0.2) is 17.0 Å². The molecule has 0 spiro atoms. The Morgan fingerprint density at radius 1 is 1.44 bits per heavy atom. The summed E-state index contributed by atoms with van der Waals surface area (Å²) in [5.74, 6) is -2.72. The molecule has 0 aliphatic heterocycles. The molecule has 86 valence electrons. The molecule has 0 saturated heterocycles. The van der Waals surface area contributed by atoms with Gasteiger partial charge in [-0.25, -0.2) is 0 Å². The number of carbonyl (C=O) groups excluding carboxylic acids is 1. The molecule has 16 heavy (non-hydrogen) atoms. The highest BCUT2D eigenvalue weighted by Crippen LogP contribution is 2.14. The Bertz CT molecular complexity index is 406. The fraction of sp³-hybridized carbons (Fsp3) is 0.273. The third-order valence-electron chi connectivity index (χ3n) is 2.17. The number of benzene rings is 1. The van der Waals surface area contributed by atoms with E-state index in [2.05, 4.69) is 5.32 Å². The Kier molecular flexibility index (Phi) is 4.31. The molecule has 0 aromatic heterocycles. The number of hydrogen-bond donors (Lipinski definition) is 2. The first-order valence-corrected chi connectivity index (χ1v) is 5.14. The van der Waals surface area contributed by atoms with Gasteiger partial charge in [-0.1, -0.05) is 29.8 Å². The van der Waals surface area contributed by atoms with Crippen LogP contribution in [0.4, 0.5) is 0 Å². The van der Waals surface area contributed by atoms with E-state index >= 15 is 0 Å². The molecule has 1 atom stereocenters. The van der Waals surface area contributed by atoms with Gasteiger partial charge in [0.05, 0.1) is 0 Å². The Morgan fingerprint density at radius 3 is 2.62 bits per heavy atom. The molecular weight excluding hydrogens is 230 g/mol. The molecule has 4 nitrogen and oxygen atoms in total. The molecule has 0 saturated carbocycles. The second-order valence-corrected chi connectivity index (χ2v) is 3.78. The molecule has 0 heterocycles. The van der Waals surface area contributed by atoms with Crippen molar-refractivity contribution < 1.29 is 14.7 Å². The smallest absolute Gasteiger partial charge is 0.315 e. The zero-order valence-corrected chi connectivity index (χ0v) is 9.49. The summed E-state index contributed by atoms with van der Waals surface area (Å²) < 4.78 is 0. The number of halogens is 1. The summed E-state index contributed by atoms with van der Waals surface area (Å²) in [6.07, 6.45) is 0. The Hall–Kier alpha value is -1.55. The number of rotatable bonds is 4. The van der Waals surface area contributed by atoms with Crippen molar-refractivity contribution in [2.24, 2.45) is 5.92 Å². The predicted octanol–water partition coefficient (Wildman–Crippen LogP) is 1.68. The number of nitrogens with one attached hydrogen (secondary N) is 1. The molecule has 0 aliphatic carbocycles. The fourth-order valence-corrected chi connectivity index (χ4v) is 1.29. The van der Waals surface area contributed by atoms with Crippen molar-refractivity contribution in [3.63, 3.8) is 0 Å². The first-order chi connectivity index (χ1) is 7.52. The first kappa shape index (κ1) is 12.5. The van der Waals surface area contributed by atoms with E-state index < -0.39 is 17.8 Å². The van der Waals surface area contributed by atoms with Crippen LogP contribution in [-0.2, 0) is 16.1 Å². The molecule has 0 aliphatic rings. The topological polar surface area (TPSA) is 66.4 Å². The maximum absolute atomic E-state index is 11.3. The predicted molar refractivity (Wildman–Crippen MR) is 60.1 cm³/mol. The minimum Gasteiger partial charge on any atom is -0.481 e. The van der Waals surface area contributed by atoms with Gasteiger partial charge in [-0.3, -0.25) is 9.59 Å². The Labute approximate surface area is 98.2 Å². The van der Waals surface area contributed by atoms with Crippen LogP contribution >= 0.6 is 11.6 Å². The zero-order valence-electron chi connectivity index (χ0n) is 8.74. The maximum atomic E-state index is 11.3. The van der Waals surface area contributed by atoms with E-state index in [1.54, 1.807) is 24.3 Å². The number of carbonyl (C=O) groups is 2. The number of amides is 1. The van der Waals surface area contributed by atoms with Gasteiger partial charge in [0.15, 0.2) is 0 Å². The summed E-state index contributed by atoms with van der Waals surface area (Å²) in [6.45, 7) is 1.57. The number of aliphatic carboxylic acids is 1. The van der Waals surface area contributed by atoms with Gasteiger partial charge in [0.1, 0.15) is 5.92 Å². The molecule has 1 amide bonds. The van der Waals surface area contributed by atoms with E-state index in [0.717, 1.165) is 5.56 Å². The minimum absolute atomic E-state index is 0.232. The highest BCUT2D eigenvalue weighted by Gasteiger charge is 2.19. The van der Waals surface area contributed by atoms with Gasteiger partial charge >= 0.3 is 5.97 Å². The van der Waals surface area contributed by atoms with Crippen LogP contribution in [0.3, 0.4) is 0 Å². The van der Waals surface area contributed by atoms with Crippen molar-refractivity contribution in [1.29, 1.82) is 0 Å². The largest absolute Gasteiger partial charge is 0.481 e. The van der Waals surface area contributed by atoms with Crippen LogP contribution in [0, 0.1) is 5.92 Å². The molecule has 0 fully saturated rings. The lowest BCUT2D eigenvalue weighted by molar-refractivity contribution is -0.146. The highest BCUT2D eigenvalue weighted by molar-refractivity contribution is 6.31. The van der Waals surface area contributed by atoms with Crippen molar-refractivity contribution in [1.82, 2.24) is 5.32 Å². The number of carboxylic acid groups (broad SMARTS) is 1. The number of hydrogen-bond acceptors (Lipinski definition) is 2. The quantitative estimate of drug-likeness (QED) is 0.789. The lowest BCUT2D eigenvalue weighted by Gasteiger charge is -2.09. The van der Waals surface area contributed by atoms with E-state index in [1.807, 2.05) is 0 Å². The van der Waals surface area contributed by atoms with Gasteiger partial charge in [0.2, 0.25) is 5.91 Å². The van der Waals surface area contributed by atoms with Gasteiger partial charge in [-0.2, -0.15) is 0 Å². The van der Waals surface area contributed by atoms with E-state index in [9.17, 15) is 9.59 Å². The van der Waals surface area contributed by atoms with Crippen molar-refractivity contribution >= 4 is 23.5 Å². The summed E-state index contributed by atoms with van der Waals surface area (Å²) in [5, 5.41) is 11.7. The standard InChI is InChI=1S/C11H12ClNO3/c1-7(11(15)16)10(14)13-6-8-4-2-3-5-9(8)12/h2-5,7H,6H2,1H3,(H,13,14)(H,15,16). The second kappa shape index (κ2) is 5.51. The SMILES string of the molecule is CC(C(=O)O)C(=O)NCc1ccccc1Cl. The minimum atomic E-state index is -1.14. The van der Waals surface area contributed by atoms with Gasteiger partial charge in [-0.15, -0.1) is 0 Å². The monoisotopic (exact) mass is 241 g/mol. The van der Waals surface area contributed by atoms with Gasteiger partial charge in [0, 0.05) is 11.6 Å². The van der Waals surface area contributed by atoms with Crippen LogP contribution in [0.1, 0.15) is 12.5 Å². The molecule has 5 heteroatoms. The fourth-order valence-electron chi connectivity index (χ4n) is 1.09. The van der Waals surface area contributed by atoms with Crippen LogP contribution in [0.25, 0.3) is 0 Å². The third-order valence-corrected chi connectivity index (χ3v) is 2.54. The van der Waals surface area contributed by atoms with E-state index in [-0.39, 0.29) is 6.54 Å². The molecule has 1 rings (SSSR count). The Morgan fingerprint density at radius 2 is 2.06 bits per heavy atom. The molecule has 1 unspecified atom stereocenters. The number of carboxylic acids is 1. The second-order valence-electron chi connectivity index (χ2n) is 3.37.